The fourth-order valence-corrected chi connectivity index (χ4v) is 5.72. The van der Waals surface area contributed by atoms with Gasteiger partial charge in [-0.2, -0.15) is 0 Å². The van der Waals surface area contributed by atoms with Gasteiger partial charge < -0.3 is 26.1 Å². The number of amides is 1. The molecule has 0 fully saturated rings. The van der Waals surface area contributed by atoms with Crippen molar-refractivity contribution in [3.8, 4) is 0 Å². The van der Waals surface area contributed by atoms with E-state index in [0.29, 0.717) is 46.2 Å². The number of nitrogen functional groups attached to an aromatic ring is 1. The van der Waals surface area contributed by atoms with Crippen LogP contribution >= 0.6 is 35.0 Å². The predicted octanol–water partition coefficient (Wildman–Crippen LogP) is 5.92. The maximum atomic E-state index is 10.7. The number of nitrogens with two attached hydrogens (primary N) is 2. The summed E-state index contributed by atoms with van der Waals surface area (Å²) in [5.74, 6) is 0.349. The van der Waals surface area contributed by atoms with E-state index >= 15 is 0 Å². The van der Waals surface area contributed by atoms with Gasteiger partial charge in [0.2, 0.25) is 0 Å². The molecule has 1 atom stereocenters. The average Bonchev–Trinajstić information content (AvgIpc) is 3.14. The number of hydrogen-bond acceptors (Lipinski definition) is 8. The molecule has 0 aliphatic carbocycles. The quantitative estimate of drug-likeness (QED) is 0.217. The van der Waals surface area contributed by atoms with E-state index in [4.69, 9.17) is 44.4 Å². The molecule has 9 nitrogen and oxygen atoms in total. The fraction of sp³-hybridized carbons (Fsp3) is 0.520. The largest absolute Gasteiger partial charge is 0.450 e. The highest BCUT2D eigenvalue weighted by Crippen LogP contribution is 2.34. The summed E-state index contributed by atoms with van der Waals surface area (Å²) in [5, 5.41) is 5.62. The minimum absolute atomic E-state index is 0.111. The minimum Gasteiger partial charge on any atom is -0.450 e. The summed E-state index contributed by atoms with van der Waals surface area (Å²) in [5.41, 5.74) is 12.5. The molecule has 3 rings (SSSR count). The number of aromatic nitrogens is 4. The molecule has 0 saturated carbocycles. The van der Waals surface area contributed by atoms with Crippen LogP contribution < -0.4 is 16.8 Å². The van der Waals surface area contributed by atoms with E-state index in [1.54, 1.807) is 6.07 Å². The third kappa shape index (κ3) is 8.91. The van der Waals surface area contributed by atoms with Gasteiger partial charge in [0.05, 0.1) is 6.61 Å². The number of aryl methyl sites for hydroxylation is 1. The Morgan fingerprint density at radius 2 is 1.86 bits per heavy atom. The number of imidazole rings is 1. The second kappa shape index (κ2) is 13.5. The number of halogens is 2. The van der Waals surface area contributed by atoms with Gasteiger partial charge in [0, 0.05) is 27.5 Å². The molecule has 1 amide bonds. The number of hydrogen-bond donors (Lipinski definition) is 3. The molecule has 12 heteroatoms. The molecule has 2 heterocycles. The summed E-state index contributed by atoms with van der Waals surface area (Å²) in [7, 11) is 0. The van der Waals surface area contributed by atoms with Crippen molar-refractivity contribution < 1.29 is 9.53 Å². The summed E-state index contributed by atoms with van der Waals surface area (Å²) >= 11 is 13.9. The number of primary amides is 1. The summed E-state index contributed by atoms with van der Waals surface area (Å²) in [6, 6.07) is 5.76. The molecule has 0 radical (unpaired) electrons. The molecule has 0 bridgehead atoms. The number of nitrogens with zero attached hydrogens (tertiary/aromatic N) is 4. The number of benzene rings is 1. The van der Waals surface area contributed by atoms with E-state index in [1.807, 2.05) is 12.1 Å². The first kappa shape index (κ1) is 29.3. The number of anilines is 1. The van der Waals surface area contributed by atoms with E-state index < -0.39 is 6.09 Å². The Hall–Kier alpha value is -2.27. The number of rotatable bonds is 13. The third-order valence-electron chi connectivity index (χ3n) is 5.95. The van der Waals surface area contributed by atoms with Crippen LogP contribution in [0.3, 0.4) is 0 Å². The Bertz CT molecular complexity index is 1180. The normalized spacial score (nSPS) is 12.7. The molecule has 0 aliphatic heterocycles. The molecule has 202 valence electrons. The van der Waals surface area contributed by atoms with Crippen molar-refractivity contribution in [3.05, 3.63) is 34.6 Å². The molecular formula is C25H35Cl2N7O2S. The molecule has 0 saturated heterocycles. The smallest absolute Gasteiger partial charge is 0.404 e. The van der Waals surface area contributed by atoms with Gasteiger partial charge in [0.1, 0.15) is 6.33 Å². The van der Waals surface area contributed by atoms with Crippen LogP contribution in [-0.2, 0) is 11.3 Å². The number of fused-ring (bicyclic) bond motifs is 1. The Labute approximate surface area is 232 Å². The number of unbranched alkanes of at least 4 members (excludes halogenated alkanes) is 2. The second-order valence-corrected chi connectivity index (χ2v) is 11.8. The highest BCUT2D eigenvalue weighted by molar-refractivity contribution is 7.99. The average molecular weight is 569 g/mol. The second-order valence-electron chi connectivity index (χ2n) is 9.93. The zero-order valence-corrected chi connectivity index (χ0v) is 23.8. The van der Waals surface area contributed by atoms with Crippen molar-refractivity contribution in [2.45, 2.75) is 75.5 Å². The van der Waals surface area contributed by atoms with Gasteiger partial charge in [-0.05, 0) is 49.4 Å². The van der Waals surface area contributed by atoms with Crippen LogP contribution in [0.4, 0.5) is 10.6 Å². The summed E-state index contributed by atoms with van der Waals surface area (Å²) in [4.78, 5) is 24.8. The van der Waals surface area contributed by atoms with Gasteiger partial charge in [0.25, 0.3) is 0 Å². The van der Waals surface area contributed by atoms with Gasteiger partial charge in [-0.1, -0.05) is 68.6 Å². The van der Waals surface area contributed by atoms with Gasteiger partial charge in [-0.25, -0.2) is 19.7 Å². The lowest BCUT2D eigenvalue weighted by atomic mass is 9.83. The monoisotopic (exact) mass is 567 g/mol. The van der Waals surface area contributed by atoms with Gasteiger partial charge in [-0.15, -0.1) is 0 Å². The van der Waals surface area contributed by atoms with E-state index in [2.05, 4.69) is 40.6 Å². The van der Waals surface area contributed by atoms with Crippen LogP contribution in [0.2, 0.25) is 10.0 Å². The lowest BCUT2D eigenvalue weighted by molar-refractivity contribution is 0.153. The van der Waals surface area contributed by atoms with Crippen LogP contribution in [0.25, 0.3) is 11.2 Å². The lowest BCUT2D eigenvalue weighted by Gasteiger charge is -2.32. The van der Waals surface area contributed by atoms with Crippen molar-refractivity contribution in [1.29, 1.82) is 0 Å². The highest BCUT2D eigenvalue weighted by Gasteiger charge is 2.23. The standard InChI is InChI=1S/C25H35Cl2N7O2S/c1-25(2,3)19(8-5-4-6-11-36-23(29)35)30-9-7-10-34-22-20(21(28)31-15-32-22)33-24(34)37-18-13-16(26)12-17(27)14-18/h12-15,19,30H,4-11H2,1-3H3,(H2,29,35)(H2,28,31,32). The van der Waals surface area contributed by atoms with E-state index in [9.17, 15) is 4.79 Å². The predicted molar refractivity (Wildman–Crippen MR) is 150 cm³/mol. The molecule has 37 heavy (non-hydrogen) atoms. The van der Waals surface area contributed by atoms with Crippen molar-refractivity contribution in [3.63, 3.8) is 0 Å². The zero-order valence-electron chi connectivity index (χ0n) is 21.5. The van der Waals surface area contributed by atoms with Crippen molar-refractivity contribution in [2.75, 3.05) is 18.9 Å². The molecule has 0 aliphatic rings. The Balaban J connectivity index is 1.63. The van der Waals surface area contributed by atoms with E-state index in [0.717, 1.165) is 48.7 Å². The van der Waals surface area contributed by atoms with Crippen molar-refractivity contribution in [2.24, 2.45) is 11.1 Å². The summed E-state index contributed by atoms with van der Waals surface area (Å²) in [6.07, 6.45) is 5.50. The molecule has 0 spiro atoms. The Morgan fingerprint density at radius 1 is 1.14 bits per heavy atom. The SMILES string of the molecule is CC(C)(C)C(CCCCCOC(N)=O)NCCCn1c(Sc2cc(Cl)cc(Cl)c2)nc2c(N)ncnc21. The van der Waals surface area contributed by atoms with Crippen LogP contribution in [0.5, 0.6) is 0 Å². The maximum Gasteiger partial charge on any atom is 0.404 e. The van der Waals surface area contributed by atoms with Gasteiger partial charge in [-0.3, -0.25) is 0 Å². The number of carbonyl (C=O) groups excluding carboxylic acids is 1. The number of carbonyl (C=O) groups is 1. The van der Waals surface area contributed by atoms with Crippen LogP contribution in [0.1, 0.15) is 52.9 Å². The summed E-state index contributed by atoms with van der Waals surface area (Å²) < 4.78 is 6.88. The summed E-state index contributed by atoms with van der Waals surface area (Å²) in [6.45, 7) is 8.65. The molecule has 1 unspecified atom stereocenters. The first-order valence-electron chi connectivity index (χ1n) is 12.3. The minimum atomic E-state index is -0.716. The highest BCUT2D eigenvalue weighted by atomic mass is 35.5. The lowest BCUT2D eigenvalue weighted by Crippen LogP contribution is -2.41. The van der Waals surface area contributed by atoms with Gasteiger partial charge in [0.15, 0.2) is 22.1 Å². The molecule has 1 aromatic carbocycles. The number of nitrogens with one attached hydrogen (secondary N) is 1. The maximum absolute atomic E-state index is 10.7. The third-order valence-corrected chi connectivity index (χ3v) is 7.35. The van der Waals surface area contributed by atoms with Crippen LogP contribution in [0, 0.1) is 5.41 Å². The van der Waals surface area contributed by atoms with Crippen molar-refractivity contribution in [1.82, 2.24) is 24.8 Å². The first-order chi connectivity index (χ1) is 17.5. The molecule has 3 aromatic rings. The zero-order chi connectivity index (χ0) is 27.0. The van der Waals surface area contributed by atoms with E-state index in [1.165, 1.54) is 18.1 Å². The topological polar surface area (TPSA) is 134 Å². The van der Waals surface area contributed by atoms with Crippen molar-refractivity contribution >= 4 is 58.0 Å². The van der Waals surface area contributed by atoms with Crippen LogP contribution in [-0.4, -0.2) is 44.8 Å². The van der Waals surface area contributed by atoms with Crippen LogP contribution in [0.15, 0.2) is 34.6 Å². The molecular weight excluding hydrogens is 533 g/mol. The number of ether oxygens (including phenoxy) is 1. The van der Waals surface area contributed by atoms with Gasteiger partial charge >= 0.3 is 6.09 Å². The molecule has 5 N–H and O–H groups in total. The van der Waals surface area contributed by atoms with E-state index in [-0.39, 0.29) is 5.41 Å². The first-order valence-corrected chi connectivity index (χ1v) is 13.9. The Morgan fingerprint density at radius 3 is 2.54 bits per heavy atom. The Kier molecular flexibility index (Phi) is 10.7. The molecule has 2 aromatic heterocycles. The fourth-order valence-electron chi connectivity index (χ4n) is 4.06.